The van der Waals surface area contributed by atoms with E-state index in [2.05, 4.69) is 13.6 Å². The summed E-state index contributed by atoms with van der Waals surface area (Å²) in [6.45, 7) is 5.06. The molecule has 2 aliphatic rings. The van der Waals surface area contributed by atoms with Gasteiger partial charge in [-0.3, -0.25) is 0 Å². The molecule has 3 rings (SSSR count). The lowest BCUT2D eigenvalue weighted by Crippen LogP contribution is -2.25. The molecule has 1 aromatic rings. The normalized spacial score (nSPS) is 25.1. The van der Waals surface area contributed by atoms with Gasteiger partial charge in [0.15, 0.2) is 14.9 Å². The number of hydrogen-bond acceptors (Lipinski definition) is 8. The number of rotatable bonds is 4. The van der Waals surface area contributed by atoms with Crippen LogP contribution < -0.4 is 0 Å². The van der Waals surface area contributed by atoms with E-state index in [9.17, 15) is 8.42 Å². The van der Waals surface area contributed by atoms with Crippen LogP contribution in [0, 0.1) is 5.92 Å². The van der Waals surface area contributed by atoms with Crippen molar-refractivity contribution in [1.82, 2.24) is 13.6 Å². The highest BCUT2D eigenvalue weighted by atomic mass is 32.2. The maximum absolute atomic E-state index is 12.3. The summed E-state index contributed by atoms with van der Waals surface area (Å²) in [6.07, 6.45) is 3.03. The lowest BCUT2D eigenvalue weighted by molar-refractivity contribution is -0.159. The molecule has 0 amide bonds. The average molecular weight is 391 g/mol. The van der Waals surface area contributed by atoms with E-state index >= 15 is 0 Å². The van der Waals surface area contributed by atoms with Crippen LogP contribution in [0.5, 0.6) is 0 Å². The van der Waals surface area contributed by atoms with Gasteiger partial charge in [0.2, 0.25) is 0 Å². The SMILES string of the molecule is CCCS(=O)(=O)c1nsnc1[C@H]1CN2CCC[C@H]1C2.O=C(O)C(=O)O. The Kier molecular flexibility index (Phi) is 6.47. The van der Waals surface area contributed by atoms with Gasteiger partial charge in [0.1, 0.15) is 0 Å². The Labute approximate surface area is 149 Å². The summed E-state index contributed by atoms with van der Waals surface area (Å²) in [5.74, 6) is -2.65. The minimum Gasteiger partial charge on any atom is -0.473 e. The number of carbonyl (C=O) groups is 2. The molecule has 2 fully saturated rings. The van der Waals surface area contributed by atoms with E-state index in [1.165, 1.54) is 12.8 Å². The first-order valence-corrected chi connectivity index (χ1v) is 10.4. The maximum atomic E-state index is 12.3. The molecule has 1 unspecified atom stereocenters. The van der Waals surface area contributed by atoms with Crippen LogP contribution in [0.3, 0.4) is 0 Å². The molecule has 0 aromatic carbocycles. The van der Waals surface area contributed by atoms with Gasteiger partial charge < -0.3 is 15.1 Å². The average Bonchev–Trinajstić information content (AvgIpc) is 3.13. The van der Waals surface area contributed by atoms with E-state index in [4.69, 9.17) is 19.8 Å². The molecule has 0 aliphatic carbocycles. The number of fused-ring (bicyclic) bond motifs is 2. The summed E-state index contributed by atoms with van der Waals surface area (Å²) in [6, 6.07) is 0. The van der Waals surface area contributed by atoms with Crippen molar-refractivity contribution in [2.75, 3.05) is 25.4 Å². The molecule has 1 aromatic heterocycles. The molecule has 0 radical (unpaired) electrons. The summed E-state index contributed by atoms with van der Waals surface area (Å²) >= 11 is 1.04. The number of carboxylic acids is 2. The third kappa shape index (κ3) is 4.73. The number of piperidine rings is 1. The van der Waals surface area contributed by atoms with Gasteiger partial charge in [-0.15, -0.1) is 0 Å². The monoisotopic (exact) mass is 391 g/mol. The van der Waals surface area contributed by atoms with Crippen molar-refractivity contribution in [2.45, 2.75) is 37.1 Å². The van der Waals surface area contributed by atoms with Crippen LogP contribution in [0.15, 0.2) is 5.03 Å². The zero-order chi connectivity index (χ0) is 18.6. The summed E-state index contributed by atoms with van der Waals surface area (Å²) in [4.78, 5) is 20.6. The van der Waals surface area contributed by atoms with Crippen LogP contribution in [0.25, 0.3) is 0 Å². The van der Waals surface area contributed by atoms with Gasteiger partial charge >= 0.3 is 11.9 Å². The van der Waals surface area contributed by atoms with Gasteiger partial charge in [-0.05, 0) is 31.7 Å². The molecule has 2 aliphatic heterocycles. The van der Waals surface area contributed by atoms with Crippen LogP contribution >= 0.6 is 11.7 Å². The van der Waals surface area contributed by atoms with Crippen molar-refractivity contribution >= 4 is 33.5 Å². The lowest BCUT2D eigenvalue weighted by atomic mass is 9.89. The standard InChI is InChI=1S/C12H19N3O2S2.C2H2O4/c1-2-6-19(16,17)12-11(13-18-14-12)10-8-15-5-3-4-9(10)7-15;3-1(4)2(5)6/h9-10H,2-8H2,1H3;(H,3,4)(H,5,6)/t9-,10-;/m0./s1. The Morgan fingerprint density at radius 1 is 1.24 bits per heavy atom. The predicted molar refractivity (Wildman–Crippen MR) is 89.4 cm³/mol. The smallest absolute Gasteiger partial charge is 0.414 e. The van der Waals surface area contributed by atoms with Crippen LogP contribution in [0.4, 0.5) is 0 Å². The molecule has 2 bridgehead atoms. The first kappa shape index (κ1) is 19.7. The highest BCUT2D eigenvalue weighted by molar-refractivity contribution is 7.91. The third-order valence-electron chi connectivity index (χ3n) is 4.35. The van der Waals surface area contributed by atoms with Gasteiger partial charge in [-0.25, -0.2) is 18.0 Å². The van der Waals surface area contributed by atoms with E-state index in [1.807, 2.05) is 6.92 Å². The zero-order valence-corrected chi connectivity index (χ0v) is 15.4. The summed E-state index contributed by atoms with van der Waals surface area (Å²) < 4.78 is 32.9. The molecule has 2 saturated heterocycles. The van der Waals surface area contributed by atoms with E-state index in [0.717, 1.165) is 37.1 Å². The van der Waals surface area contributed by atoms with Gasteiger partial charge in [0.05, 0.1) is 23.2 Å². The second-order valence-corrected chi connectivity index (χ2v) is 8.71. The first-order valence-electron chi connectivity index (χ1n) is 8.00. The fraction of sp³-hybridized carbons (Fsp3) is 0.714. The zero-order valence-electron chi connectivity index (χ0n) is 13.8. The van der Waals surface area contributed by atoms with Gasteiger partial charge in [0, 0.05) is 19.0 Å². The van der Waals surface area contributed by atoms with Crippen molar-refractivity contribution in [3.63, 3.8) is 0 Å². The molecular weight excluding hydrogens is 370 g/mol. The Morgan fingerprint density at radius 3 is 2.48 bits per heavy atom. The van der Waals surface area contributed by atoms with Crippen LogP contribution in [-0.4, -0.2) is 69.6 Å². The van der Waals surface area contributed by atoms with Crippen LogP contribution in [0.2, 0.25) is 0 Å². The van der Waals surface area contributed by atoms with Crippen molar-refractivity contribution in [3.8, 4) is 0 Å². The van der Waals surface area contributed by atoms with Gasteiger partial charge in [0.25, 0.3) is 0 Å². The van der Waals surface area contributed by atoms with Gasteiger partial charge in [-0.1, -0.05) is 6.92 Å². The van der Waals surface area contributed by atoms with E-state index < -0.39 is 21.8 Å². The molecule has 9 nitrogen and oxygen atoms in total. The Bertz CT molecular complexity index is 721. The second kappa shape index (κ2) is 8.19. The second-order valence-electron chi connectivity index (χ2n) is 6.15. The highest BCUT2D eigenvalue weighted by Crippen LogP contribution is 2.40. The molecule has 3 heterocycles. The molecule has 0 spiro atoms. The predicted octanol–water partition coefficient (Wildman–Crippen LogP) is 0.687. The molecule has 3 atom stereocenters. The fourth-order valence-corrected chi connectivity index (χ4v) is 5.69. The molecular formula is C14H21N3O6S2. The molecule has 0 saturated carbocycles. The van der Waals surface area contributed by atoms with Crippen LogP contribution in [-0.2, 0) is 19.4 Å². The lowest BCUT2D eigenvalue weighted by Gasteiger charge is -2.21. The number of aromatic nitrogens is 2. The van der Waals surface area contributed by atoms with Crippen molar-refractivity contribution in [3.05, 3.63) is 5.69 Å². The third-order valence-corrected chi connectivity index (χ3v) is 6.84. The quantitative estimate of drug-likeness (QED) is 0.710. The minimum absolute atomic E-state index is 0.173. The molecule has 25 heavy (non-hydrogen) atoms. The van der Waals surface area contributed by atoms with Crippen molar-refractivity contribution in [1.29, 1.82) is 0 Å². The highest BCUT2D eigenvalue weighted by Gasteiger charge is 2.40. The summed E-state index contributed by atoms with van der Waals surface area (Å²) in [5.41, 5.74) is 0.743. The fourth-order valence-electron chi connectivity index (χ4n) is 3.32. The maximum Gasteiger partial charge on any atom is 0.414 e. The van der Waals surface area contributed by atoms with E-state index in [1.54, 1.807) is 0 Å². The molecule has 140 valence electrons. The number of nitrogens with zero attached hydrogens (tertiary/aromatic N) is 3. The minimum atomic E-state index is -3.25. The van der Waals surface area contributed by atoms with Crippen LogP contribution in [0.1, 0.15) is 37.8 Å². The molecule has 11 heteroatoms. The number of carboxylic acid groups (broad SMARTS) is 2. The Hall–Kier alpha value is -1.59. The number of hydrogen-bond donors (Lipinski definition) is 2. The Morgan fingerprint density at radius 2 is 1.92 bits per heavy atom. The van der Waals surface area contributed by atoms with E-state index in [-0.39, 0.29) is 16.7 Å². The summed E-state index contributed by atoms with van der Waals surface area (Å²) in [7, 11) is -3.25. The first-order chi connectivity index (χ1) is 11.8. The topological polar surface area (TPSA) is 138 Å². The summed E-state index contributed by atoms with van der Waals surface area (Å²) in [5, 5.41) is 15.0. The van der Waals surface area contributed by atoms with Gasteiger partial charge in [-0.2, -0.15) is 8.75 Å². The van der Waals surface area contributed by atoms with Crippen molar-refractivity contribution < 1.29 is 28.2 Å². The largest absolute Gasteiger partial charge is 0.473 e. The Balaban J connectivity index is 0.000000326. The van der Waals surface area contributed by atoms with Crippen molar-refractivity contribution in [2.24, 2.45) is 5.92 Å². The number of sulfone groups is 1. The number of aliphatic carboxylic acids is 2. The van der Waals surface area contributed by atoms with E-state index in [0.29, 0.717) is 12.3 Å². The molecule has 2 N–H and O–H groups in total.